The lowest BCUT2D eigenvalue weighted by atomic mass is 9.81. The van der Waals surface area contributed by atoms with Crippen molar-refractivity contribution in [3.63, 3.8) is 0 Å². The van der Waals surface area contributed by atoms with Gasteiger partial charge in [-0.1, -0.05) is 53.4 Å². The van der Waals surface area contributed by atoms with E-state index in [2.05, 4.69) is 52.6 Å². The molecule has 1 N–H and O–H groups in total. The van der Waals surface area contributed by atoms with Gasteiger partial charge in [-0.2, -0.15) is 0 Å². The molecule has 0 bridgehead atoms. The molecule has 0 saturated heterocycles. The van der Waals surface area contributed by atoms with E-state index in [1.54, 1.807) is 0 Å². The fraction of sp³-hybridized carbons (Fsp3) is 0.600. The topological polar surface area (TPSA) is 12.0 Å². The van der Waals surface area contributed by atoms with Gasteiger partial charge in [0.15, 0.2) is 0 Å². The van der Waals surface area contributed by atoms with Crippen molar-refractivity contribution in [1.82, 2.24) is 5.32 Å². The number of rotatable bonds is 4. The van der Waals surface area contributed by atoms with Crippen molar-refractivity contribution < 1.29 is 0 Å². The van der Waals surface area contributed by atoms with Crippen LogP contribution in [-0.2, 0) is 6.42 Å². The van der Waals surface area contributed by atoms with Crippen molar-refractivity contribution in [3.8, 4) is 0 Å². The van der Waals surface area contributed by atoms with Gasteiger partial charge in [-0.3, -0.25) is 0 Å². The van der Waals surface area contributed by atoms with Gasteiger partial charge in [-0.05, 0) is 43.9 Å². The Bertz CT molecular complexity index is 345. The van der Waals surface area contributed by atoms with E-state index < -0.39 is 0 Å². The Hall–Kier alpha value is -0.340. The highest BCUT2D eigenvalue weighted by Gasteiger charge is 2.22. The summed E-state index contributed by atoms with van der Waals surface area (Å²) in [7, 11) is 2.11. The number of likely N-dealkylation sites (N-methyl/N-ethyl adjacent to an activating group) is 1. The third-order valence-electron chi connectivity index (χ3n) is 3.99. The number of nitrogens with one attached hydrogen (secondary N) is 1. The number of hydrogen-bond donors (Lipinski definition) is 1. The Morgan fingerprint density at radius 2 is 1.94 bits per heavy atom. The SMILES string of the molecule is CNC(Cc1ccccc1Br)C1CCCCC1. The molecule has 0 heterocycles. The molecule has 1 fully saturated rings. The largest absolute Gasteiger partial charge is 0.316 e. The lowest BCUT2D eigenvalue weighted by Crippen LogP contribution is -2.36. The summed E-state index contributed by atoms with van der Waals surface area (Å²) in [4.78, 5) is 0. The third-order valence-corrected chi connectivity index (χ3v) is 4.76. The molecular weight excluding hydrogens is 274 g/mol. The van der Waals surface area contributed by atoms with E-state index in [1.165, 1.54) is 42.1 Å². The maximum absolute atomic E-state index is 3.65. The van der Waals surface area contributed by atoms with Gasteiger partial charge in [0.2, 0.25) is 0 Å². The average Bonchev–Trinajstić information content (AvgIpc) is 2.39. The van der Waals surface area contributed by atoms with Crippen molar-refractivity contribution in [2.45, 2.75) is 44.6 Å². The van der Waals surface area contributed by atoms with Crippen LogP contribution in [0.3, 0.4) is 0 Å². The van der Waals surface area contributed by atoms with E-state index in [9.17, 15) is 0 Å². The summed E-state index contributed by atoms with van der Waals surface area (Å²) >= 11 is 3.65. The third kappa shape index (κ3) is 3.56. The minimum atomic E-state index is 0.633. The summed E-state index contributed by atoms with van der Waals surface area (Å²) in [5, 5.41) is 3.53. The van der Waals surface area contributed by atoms with Crippen LogP contribution in [0.2, 0.25) is 0 Å². The number of halogens is 1. The Morgan fingerprint density at radius 1 is 1.24 bits per heavy atom. The second kappa shape index (κ2) is 6.55. The molecule has 0 radical (unpaired) electrons. The zero-order valence-electron chi connectivity index (χ0n) is 10.6. The molecule has 1 saturated carbocycles. The van der Waals surface area contributed by atoms with Crippen molar-refractivity contribution >= 4 is 15.9 Å². The summed E-state index contributed by atoms with van der Waals surface area (Å²) in [5.41, 5.74) is 1.43. The van der Waals surface area contributed by atoms with Crippen LogP contribution in [0.15, 0.2) is 28.7 Å². The molecule has 1 aliphatic rings. The Labute approximate surface area is 113 Å². The normalized spacial score (nSPS) is 19.2. The van der Waals surface area contributed by atoms with Gasteiger partial charge < -0.3 is 5.32 Å². The molecule has 2 rings (SSSR count). The van der Waals surface area contributed by atoms with Crippen molar-refractivity contribution in [2.24, 2.45) is 5.92 Å². The van der Waals surface area contributed by atoms with E-state index in [4.69, 9.17) is 0 Å². The van der Waals surface area contributed by atoms with Crippen LogP contribution in [0.1, 0.15) is 37.7 Å². The zero-order chi connectivity index (χ0) is 12.1. The molecule has 1 atom stereocenters. The first-order chi connectivity index (χ1) is 8.31. The monoisotopic (exact) mass is 295 g/mol. The molecule has 17 heavy (non-hydrogen) atoms. The van der Waals surface area contributed by atoms with Crippen molar-refractivity contribution in [3.05, 3.63) is 34.3 Å². The lowest BCUT2D eigenvalue weighted by molar-refractivity contribution is 0.276. The number of benzene rings is 1. The number of hydrogen-bond acceptors (Lipinski definition) is 1. The van der Waals surface area contributed by atoms with Gasteiger partial charge in [0.25, 0.3) is 0 Å². The molecule has 0 amide bonds. The van der Waals surface area contributed by atoms with Gasteiger partial charge in [-0.15, -0.1) is 0 Å². The molecule has 1 unspecified atom stereocenters. The van der Waals surface area contributed by atoms with Crippen LogP contribution in [0.25, 0.3) is 0 Å². The molecule has 0 aliphatic heterocycles. The smallest absolute Gasteiger partial charge is 0.0207 e. The molecule has 1 aliphatic carbocycles. The van der Waals surface area contributed by atoms with Gasteiger partial charge >= 0.3 is 0 Å². The maximum Gasteiger partial charge on any atom is 0.0207 e. The van der Waals surface area contributed by atoms with Gasteiger partial charge in [-0.25, -0.2) is 0 Å². The fourth-order valence-electron chi connectivity index (χ4n) is 2.94. The van der Waals surface area contributed by atoms with Gasteiger partial charge in [0.1, 0.15) is 0 Å². The highest BCUT2D eigenvalue weighted by Crippen LogP contribution is 2.29. The van der Waals surface area contributed by atoms with E-state index in [-0.39, 0.29) is 0 Å². The molecule has 2 heteroatoms. The second-order valence-electron chi connectivity index (χ2n) is 5.09. The lowest BCUT2D eigenvalue weighted by Gasteiger charge is -2.30. The zero-order valence-corrected chi connectivity index (χ0v) is 12.2. The van der Waals surface area contributed by atoms with E-state index in [0.717, 1.165) is 12.3 Å². The Kier molecular flexibility index (Phi) is 5.05. The standard InChI is InChI=1S/C15H22BrN/c1-17-15(12-7-3-2-4-8-12)11-13-9-5-6-10-14(13)16/h5-6,9-10,12,15,17H,2-4,7-8,11H2,1H3. The highest BCUT2D eigenvalue weighted by atomic mass is 79.9. The maximum atomic E-state index is 3.65. The summed E-state index contributed by atoms with van der Waals surface area (Å²) in [6.45, 7) is 0. The molecule has 94 valence electrons. The van der Waals surface area contributed by atoms with Gasteiger partial charge in [0, 0.05) is 10.5 Å². The predicted octanol–water partition coefficient (Wildman–Crippen LogP) is 4.16. The molecule has 1 aromatic carbocycles. The summed E-state index contributed by atoms with van der Waals surface area (Å²) in [6.07, 6.45) is 8.20. The first-order valence-corrected chi connectivity index (χ1v) is 7.51. The van der Waals surface area contributed by atoms with Crippen LogP contribution >= 0.6 is 15.9 Å². The van der Waals surface area contributed by atoms with E-state index >= 15 is 0 Å². The minimum absolute atomic E-state index is 0.633. The first-order valence-electron chi connectivity index (χ1n) is 6.72. The molecule has 0 aromatic heterocycles. The van der Waals surface area contributed by atoms with E-state index in [1.807, 2.05) is 0 Å². The molecule has 0 spiro atoms. The minimum Gasteiger partial charge on any atom is -0.316 e. The van der Waals surface area contributed by atoms with Gasteiger partial charge in [0.05, 0.1) is 0 Å². The molecular formula is C15H22BrN. The first kappa shape index (κ1) is 13.1. The summed E-state index contributed by atoms with van der Waals surface area (Å²) in [5.74, 6) is 0.862. The van der Waals surface area contributed by atoms with Crippen LogP contribution in [0, 0.1) is 5.92 Å². The van der Waals surface area contributed by atoms with Crippen molar-refractivity contribution in [2.75, 3.05) is 7.05 Å². The predicted molar refractivity (Wildman–Crippen MR) is 77.3 cm³/mol. The fourth-order valence-corrected chi connectivity index (χ4v) is 3.39. The second-order valence-corrected chi connectivity index (χ2v) is 5.94. The average molecular weight is 296 g/mol. The van der Waals surface area contributed by atoms with Crippen LogP contribution in [0.5, 0.6) is 0 Å². The summed E-state index contributed by atoms with van der Waals surface area (Å²) < 4.78 is 1.25. The van der Waals surface area contributed by atoms with Crippen LogP contribution in [0.4, 0.5) is 0 Å². The van der Waals surface area contributed by atoms with Crippen LogP contribution < -0.4 is 5.32 Å². The quantitative estimate of drug-likeness (QED) is 0.879. The van der Waals surface area contributed by atoms with Crippen molar-refractivity contribution in [1.29, 1.82) is 0 Å². The highest BCUT2D eigenvalue weighted by molar-refractivity contribution is 9.10. The van der Waals surface area contributed by atoms with E-state index in [0.29, 0.717) is 6.04 Å². The Balaban J connectivity index is 2.01. The Morgan fingerprint density at radius 3 is 2.59 bits per heavy atom. The molecule has 1 aromatic rings. The summed E-state index contributed by atoms with van der Waals surface area (Å²) in [6, 6.07) is 9.23. The van der Waals surface area contributed by atoms with Crippen LogP contribution in [-0.4, -0.2) is 13.1 Å². The molecule has 1 nitrogen and oxygen atoms in total.